The zero-order chi connectivity index (χ0) is 13.1. The predicted molar refractivity (Wildman–Crippen MR) is 62.2 cm³/mol. The number of rotatable bonds is 4. The molecule has 0 fully saturated rings. The Morgan fingerprint density at radius 2 is 2.17 bits per heavy atom. The van der Waals surface area contributed by atoms with Gasteiger partial charge in [0.1, 0.15) is 17.5 Å². The molecule has 92 valence electrons. The zero-order valence-corrected chi connectivity index (χ0v) is 9.59. The van der Waals surface area contributed by atoms with Crippen LogP contribution in [0.25, 0.3) is 0 Å². The number of nitro groups is 1. The molecule has 1 aromatic carbocycles. The molecule has 1 N–H and O–H groups in total. The zero-order valence-electron chi connectivity index (χ0n) is 8.77. The van der Waals surface area contributed by atoms with Crippen LogP contribution in [0.15, 0.2) is 30.5 Å². The Balaban J connectivity index is 2.28. The molecule has 0 atom stereocenters. The second-order valence-electron chi connectivity index (χ2n) is 3.12. The number of benzene rings is 1. The van der Waals surface area contributed by atoms with Crippen LogP contribution in [0.5, 0.6) is 10.9 Å². The molecule has 18 heavy (non-hydrogen) atoms. The highest BCUT2D eigenvalue weighted by Gasteiger charge is 2.16. The van der Waals surface area contributed by atoms with Crippen molar-refractivity contribution in [2.75, 3.05) is 0 Å². The van der Waals surface area contributed by atoms with Crippen LogP contribution in [-0.4, -0.2) is 21.0 Å². The summed E-state index contributed by atoms with van der Waals surface area (Å²) in [6.07, 6.45) is 1.06. The average Bonchev–Trinajstić information content (AvgIpc) is 2.78. The van der Waals surface area contributed by atoms with E-state index in [0.29, 0.717) is 0 Å². The summed E-state index contributed by atoms with van der Waals surface area (Å²) in [5, 5.41) is 19.3. The fourth-order valence-corrected chi connectivity index (χ4v) is 1.80. The Kier molecular flexibility index (Phi) is 3.20. The Hall–Kier alpha value is -2.48. The van der Waals surface area contributed by atoms with Crippen LogP contribution in [0.3, 0.4) is 0 Å². The van der Waals surface area contributed by atoms with Crippen molar-refractivity contribution >= 4 is 22.3 Å². The number of hydrogen-bond acceptors (Lipinski definition) is 6. The lowest BCUT2D eigenvalue weighted by atomic mass is 10.2. The quantitative estimate of drug-likeness (QED) is 0.673. The van der Waals surface area contributed by atoms with Gasteiger partial charge in [0, 0.05) is 0 Å². The second-order valence-corrected chi connectivity index (χ2v) is 4.10. The van der Waals surface area contributed by atoms with Crippen LogP contribution in [0.2, 0.25) is 0 Å². The number of thiazole rings is 1. The molecular formula is C10H6N2O5S. The smallest absolute Gasteiger partial charge is 0.347 e. The largest absolute Gasteiger partial charge is 0.478 e. The number of para-hydroxylation sites is 1. The minimum absolute atomic E-state index is 0.0235. The van der Waals surface area contributed by atoms with Gasteiger partial charge in [-0.3, -0.25) is 10.1 Å². The summed E-state index contributed by atoms with van der Waals surface area (Å²) in [4.78, 5) is 24.5. The summed E-state index contributed by atoms with van der Waals surface area (Å²) in [6.45, 7) is 0. The Bertz CT molecular complexity index is 610. The number of carboxylic acid groups (broad SMARTS) is 1. The van der Waals surface area contributed by atoms with Crippen molar-refractivity contribution in [3.8, 4) is 10.9 Å². The molecule has 0 radical (unpaired) electrons. The Morgan fingerprint density at radius 1 is 1.44 bits per heavy atom. The number of aromatic carboxylic acids is 1. The molecule has 0 aliphatic carbocycles. The molecule has 1 aromatic heterocycles. The summed E-state index contributed by atoms with van der Waals surface area (Å²) < 4.78 is 5.22. The predicted octanol–water partition coefficient (Wildman–Crippen LogP) is 2.54. The van der Waals surface area contributed by atoms with Gasteiger partial charge in [-0.25, -0.2) is 9.78 Å². The first-order valence-electron chi connectivity index (χ1n) is 4.68. The molecule has 0 spiro atoms. The maximum Gasteiger partial charge on any atom is 0.347 e. The van der Waals surface area contributed by atoms with Gasteiger partial charge in [0.15, 0.2) is 0 Å². The third-order valence-corrected chi connectivity index (χ3v) is 2.79. The fraction of sp³-hybridized carbons (Fsp3) is 0. The third kappa shape index (κ3) is 2.43. The van der Waals surface area contributed by atoms with E-state index < -0.39 is 10.9 Å². The van der Waals surface area contributed by atoms with Gasteiger partial charge in [-0.05, 0) is 23.5 Å². The SMILES string of the molecule is O=C(O)c1ccccc1Oc1ncc([N+](=O)[O-])s1. The number of aromatic nitrogens is 1. The van der Waals surface area contributed by atoms with E-state index in [2.05, 4.69) is 4.98 Å². The van der Waals surface area contributed by atoms with Crippen LogP contribution >= 0.6 is 11.3 Å². The summed E-state index contributed by atoms with van der Waals surface area (Å²) >= 11 is 0.731. The van der Waals surface area contributed by atoms with Gasteiger partial charge in [-0.1, -0.05) is 12.1 Å². The van der Waals surface area contributed by atoms with E-state index in [9.17, 15) is 14.9 Å². The molecule has 7 nitrogen and oxygen atoms in total. The molecule has 0 aliphatic heterocycles. The van der Waals surface area contributed by atoms with Crippen LogP contribution in [-0.2, 0) is 0 Å². The van der Waals surface area contributed by atoms with Crippen molar-refractivity contribution in [3.05, 3.63) is 46.1 Å². The van der Waals surface area contributed by atoms with Crippen LogP contribution < -0.4 is 4.74 Å². The van der Waals surface area contributed by atoms with E-state index in [-0.39, 0.29) is 21.5 Å². The monoisotopic (exact) mass is 266 g/mol. The highest BCUT2D eigenvalue weighted by atomic mass is 32.1. The van der Waals surface area contributed by atoms with Crippen LogP contribution in [0.1, 0.15) is 10.4 Å². The van der Waals surface area contributed by atoms with E-state index >= 15 is 0 Å². The maximum atomic E-state index is 10.9. The maximum absolute atomic E-state index is 10.9. The minimum Gasteiger partial charge on any atom is -0.478 e. The molecule has 0 saturated carbocycles. The summed E-state index contributed by atoms with van der Waals surface area (Å²) in [6, 6.07) is 5.99. The summed E-state index contributed by atoms with van der Waals surface area (Å²) in [5.41, 5.74) is -0.0321. The lowest BCUT2D eigenvalue weighted by Crippen LogP contribution is -1.99. The highest BCUT2D eigenvalue weighted by molar-refractivity contribution is 7.16. The first kappa shape index (κ1) is 12.0. The molecule has 0 aliphatic rings. The first-order chi connectivity index (χ1) is 8.58. The number of hydrogen-bond donors (Lipinski definition) is 1. The van der Waals surface area contributed by atoms with Gasteiger partial charge >= 0.3 is 11.0 Å². The lowest BCUT2D eigenvalue weighted by molar-refractivity contribution is -0.380. The number of nitrogens with zero attached hydrogens (tertiary/aromatic N) is 2. The standard InChI is InChI=1S/C10H6N2O5S/c13-9(14)6-3-1-2-4-7(6)17-10-11-5-8(18-10)12(15)16/h1-5H,(H,13,14). The van der Waals surface area contributed by atoms with Crippen LogP contribution in [0, 0.1) is 10.1 Å². The summed E-state index contributed by atoms with van der Waals surface area (Å²) in [7, 11) is 0. The molecular weight excluding hydrogens is 260 g/mol. The molecule has 0 bridgehead atoms. The van der Waals surface area contributed by atoms with E-state index in [0.717, 1.165) is 17.5 Å². The number of carboxylic acids is 1. The number of ether oxygens (including phenoxy) is 1. The van der Waals surface area contributed by atoms with Crippen molar-refractivity contribution in [2.24, 2.45) is 0 Å². The third-order valence-electron chi connectivity index (χ3n) is 1.97. The van der Waals surface area contributed by atoms with Gasteiger partial charge in [-0.15, -0.1) is 0 Å². The van der Waals surface area contributed by atoms with Gasteiger partial charge in [0.2, 0.25) is 0 Å². The van der Waals surface area contributed by atoms with Crippen molar-refractivity contribution < 1.29 is 19.6 Å². The average molecular weight is 266 g/mol. The molecule has 1 heterocycles. The number of carbonyl (C=O) groups is 1. The second kappa shape index (κ2) is 4.80. The topological polar surface area (TPSA) is 103 Å². The fourth-order valence-electron chi connectivity index (χ4n) is 1.21. The Labute approximate surface area is 104 Å². The van der Waals surface area contributed by atoms with E-state index in [1.54, 1.807) is 12.1 Å². The van der Waals surface area contributed by atoms with E-state index in [1.807, 2.05) is 0 Å². The lowest BCUT2D eigenvalue weighted by Gasteiger charge is -2.04. The van der Waals surface area contributed by atoms with Crippen molar-refractivity contribution in [1.82, 2.24) is 4.98 Å². The first-order valence-corrected chi connectivity index (χ1v) is 5.50. The van der Waals surface area contributed by atoms with Crippen LogP contribution in [0.4, 0.5) is 5.00 Å². The van der Waals surface area contributed by atoms with Crippen molar-refractivity contribution in [2.45, 2.75) is 0 Å². The van der Waals surface area contributed by atoms with E-state index in [1.165, 1.54) is 12.1 Å². The van der Waals surface area contributed by atoms with Crippen molar-refractivity contribution in [1.29, 1.82) is 0 Å². The molecule has 0 saturated heterocycles. The van der Waals surface area contributed by atoms with E-state index in [4.69, 9.17) is 9.84 Å². The Morgan fingerprint density at radius 3 is 2.78 bits per heavy atom. The van der Waals surface area contributed by atoms with Gasteiger partial charge in [0.25, 0.3) is 5.19 Å². The molecule has 2 rings (SSSR count). The molecule has 2 aromatic rings. The molecule has 0 amide bonds. The van der Waals surface area contributed by atoms with Gasteiger partial charge in [0.05, 0.1) is 4.92 Å². The normalized spacial score (nSPS) is 10.0. The molecule has 8 heteroatoms. The van der Waals surface area contributed by atoms with Gasteiger partial charge < -0.3 is 9.84 Å². The van der Waals surface area contributed by atoms with Crippen molar-refractivity contribution in [3.63, 3.8) is 0 Å². The minimum atomic E-state index is -1.14. The highest BCUT2D eigenvalue weighted by Crippen LogP contribution is 2.32. The molecule has 0 unspecified atom stereocenters. The van der Waals surface area contributed by atoms with Gasteiger partial charge in [-0.2, -0.15) is 0 Å². The summed E-state index contributed by atoms with van der Waals surface area (Å²) in [5.74, 6) is -1.05.